The summed E-state index contributed by atoms with van der Waals surface area (Å²) in [6.45, 7) is 5.15. The molecule has 224 valence electrons. The Bertz CT molecular complexity index is 1530. The van der Waals surface area contributed by atoms with Crippen molar-refractivity contribution in [1.29, 1.82) is 0 Å². The van der Waals surface area contributed by atoms with Gasteiger partial charge in [0, 0.05) is 29.5 Å². The van der Waals surface area contributed by atoms with Crippen LogP contribution in [0.4, 0.5) is 16.2 Å². The van der Waals surface area contributed by atoms with Gasteiger partial charge in [-0.15, -0.1) is 0 Å². The Balaban J connectivity index is 1.23. The molecule has 3 aromatic carbocycles. The number of ether oxygens (including phenoxy) is 3. The van der Waals surface area contributed by atoms with Crippen molar-refractivity contribution in [2.45, 2.75) is 13.5 Å². The SMILES string of the molecule is CCOc1cc(/C=C2/SC(=O)N(CC(=O)Nc3ccc(N4CCOCC4)cc3)C2=O)cc(Br)c1OCc1ccc(Cl)cc1. The van der Waals surface area contributed by atoms with Crippen molar-refractivity contribution in [1.82, 2.24) is 4.90 Å². The first-order valence-electron chi connectivity index (χ1n) is 13.6. The Morgan fingerprint density at radius 1 is 1.07 bits per heavy atom. The molecule has 2 fully saturated rings. The first-order chi connectivity index (χ1) is 20.8. The van der Waals surface area contributed by atoms with Crippen LogP contribution in [0.5, 0.6) is 11.5 Å². The average Bonchev–Trinajstić information content (AvgIpc) is 3.25. The van der Waals surface area contributed by atoms with Crippen molar-refractivity contribution < 1.29 is 28.6 Å². The smallest absolute Gasteiger partial charge is 0.294 e. The summed E-state index contributed by atoms with van der Waals surface area (Å²) < 4.78 is 17.9. The van der Waals surface area contributed by atoms with Gasteiger partial charge in [-0.1, -0.05) is 23.7 Å². The second-order valence-electron chi connectivity index (χ2n) is 9.64. The molecule has 12 heteroatoms. The lowest BCUT2D eigenvalue weighted by Gasteiger charge is -2.28. The summed E-state index contributed by atoms with van der Waals surface area (Å²) >= 11 is 10.3. The second kappa shape index (κ2) is 14.3. The Morgan fingerprint density at radius 2 is 1.79 bits per heavy atom. The van der Waals surface area contributed by atoms with Gasteiger partial charge in [-0.05, 0) is 100 Å². The van der Waals surface area contributed by atoms with E-state index in [2.05, 4.69) is 26.1 Å². The normalized spacial score (nSPS) is 16.1. The van der Waals surface area contributed by atoms with Crippen molar-refractivity contribution in [2.75, 3.05) is 49.7 Å². The summed E-state index contributed by atoms with van der Waals surface area (Å²) in [6.07, 6.45) is 1.60. The lowest BCUT2D eigenvalue weighted by molar-refractivity contribution is -0.127. The maximum atomic E-state index is 13.1. The molecule has 3 amide bonds. The van der Waals surface area contributed by atoms with E-state index in [1.807, 2.05) is 31.2 Å². The van der Waals surface area contributed by atoms with Gasteiger partial charge < -0.3 is 24.4 Å². The average molecular weight is 687 g/mol. The summed E-state index contributed by atoms with van der Waals surface area (Å²) in [6, 6.07) is 18.3. The van der Waals surface area contributed by atoms with E-state index in [9.17, 15) is 14.4 Å². The third kappa shape index (κ3) is 7.91. The summed E-state index contributed by atoms with van der Waals surface area (Å²) in [4.78, 5) is 41.9. The predicted molar refractivity (Wildman–Crippen MR) is 172 cm³/mol. The number of benzene rings is 3. The van der Waals surface area contributed by atoms with Gasteiger partial charge in [0.2, 0.25) is 5.91 Å². The number of thioether (sulfide) groups is 1. The number of nitrogens with one attached hydrogen (secondary N) is 1. The zero-order valence-corrected chi connectivity index (χ0v) is 26.5. The molecular weight excluding hydrogens is 658 g/mol. The number of anilines is 2. The molecule has 0 spiro atoms. The third-order valence-electron chi connectivity index (χ3n) is 6.63. The quantitative estimate of drug-likeness (QED) is 0.239. The maximum absolute atomic E-state index is 13.1. The first kappa shape index (κ1) is 30.9. The molecule has 5 rings (SSSR count). The number of carbonyl (C=O) groups is 3. The number of amides is 3. The molecule has 0 aliphatic carbocycles. The largest absolute Gasteiger partial charge is 0.490 e. The fourth-order valence-corrected chi connectivity index (χ4v) is 6.06. The van der Waals surface area contributed by atoms with Crippen LogP contribution in [0.15, 0.2) is 70.0 Å². The molecule has 2 saturated heterocycles. The van der Waals surface area contributed by atoms with Crippen LogP contribution in [0.1, 0.15) is 18.1 Å². The molecule has 0 saturated carbocycles. The fourth-order valence-electron chi connectivity index (χ4n) is 4.52. The van der Waals surface area contributed by atoms with Crippen LogP contribution >= 0.6 is 39.3 Å². The molecule has 0 bridgehead atoms. The van der Waals surface area contributed by atoms with E-state index in [1.165, 1.54) is 0 Å². The van der Waals surface area contributed by atoms with Crippen LogP contribution in [0.3, 0.4) is 0 Å². The predicted octanol–water partition coefficient (Wildman–Crippen LogP) is 6.59. The number of carbonyl (C=O) groups excluding carboxylic acids is 3. The lowest BCUT2D eigenvalue weighted by atomic mass is 10.1. The minimum absolute atomic E-state index is 0.205. The van der Waals surface area contributed by atoms with Crippen LogP contribution in [-0.4, -0.2) is 61.4 Å². The molecular formula is C31H29BrClN3O6S. The van der Waals surface area contributed by atoms with E-state index in [-0.39, 0.29) is 4.91 Å². The van der Waals surface area contributed by atoms with Gasteiger partial charge in [-0.2, -0.15) is 0 Å². The van der Waals surface area contributed by atoms with E-state index in [0.717, 1.165) is 41.0 Å². The van der Waals surface area contributed by atoms with E-state index >= 15 is 0 Å². The van der Waals surface area contributed by atoms with Crippen molar-refractivity contribution in [3.05, 3.63) is 86.2 Å². The maximum Gasteiger partial charge on any atom is 0.294 e. The number of nitrogens with zero attached hydrogens (tertiary/aromatic N) is 2. The van der Waals surface area contributed by atoms with Crippen molar-refractivity contribution in [3.8, 4) is 11.5 Å². The van der Waals surface area contributed by atoms with Crippen LogP contribution in [-0.2, 0) is 20.9 Å². The molecule has 2 aliphatic rings. The summed E-state index contributed by atoms with van der Waals surface area (Å²) in [5.41, 5.74) is 3.18. The summed E-state index contributed by atoms with van der Waals surface area (Å²) in [5, 5.41) is 2.90. The Morgan fingerprint density at radius 3 is 2.49 bits per heavy atom. The molecule has 9 nitrogen and oxygen atoms in total. The Hall–Kier alpha value is -3.51. The molecule has 0 atom stereocenters. The highest BCUT2D eigenvalue weighted by Gasteiger charge is 2.36. The Kier molecular flexibility index (Phi) is 10.3. The van der Waals surface area contributed by atoms with E-state index in [1.54, 1.807) is 42.5 Å². The summed E-state index contributed by atoms with van der Waals surface area (Å²) in [7, 11) is 0. The standard InChI is InChI=1S/C31H29BrClN3O6S/c1-2-41-26-16-21(15-25(32)29(26)42-19-20-3-5-22(33)6-4-20)17-27-30(38)36(31(39)43-27)18-28(37)34-23-7-9-24(10-8-23)35-11-13-40-14-12-35/h3-10,15-17H,2,11-14,18-19H2,1H3,(H,34,37)/b27-17+. The van der Waals surface area contributed by atoms with Gasteiger partial charge in [0.1, 0.15) is 13.2 Å². The topological polar surface area (TPSA) is 97.4 Å². The molecule has 0 radical (unpaired) electrons. The van der Waals surface area contributed by atoms with Gasteiger partial charge in [0.15, 0.2) is 11.5 Å². The van der Waals surface area contributed by atoms with Gasteiger partial charge in [-0.3, -0.25) is 19.3 Å². The number of hydrogen-bond donors (Lipinski definition) is 1. The van der Waals surface area contributed by atoms with Crippen LogP contribution in [0, 0.1) is 0 Å². The molecule has 43 heavy (non-hydrogen) atoms. The van der Waals surface area contributed by atoms with Gasteiger partial charge in [0.25, 0.3) is 11.1 Å². The number of halogens is 2. The second-order valence-corrected chi connectivity index (χ2v) is 11.9. The molecule has 3 aromatic rings. The highest BCUT2D eigenvalue weighted by atomic mass is 79.9. The van der Waals surface area contributed by atoms with Gasteiger partial charge in [-0.25, -0.2) is 0 Å². The third-order valence-corrected chi connectivity index (χ3v) is 8.38. The zero-order valence-electron chi connectivity index (χ0n) is 23.3. The van der Waals surface area contributed by atoms with Gasteiger partial charge in [0.05, 0.1) is 29.2 Å². The number of hydrogen-bond acceptors (Lipinski definition) is 8. The monoisotopic (exact) mass is 685 g/mol. The first-order valence-corrected chi connectivity index (χ1v) is 15.6. The van der Waals surface area contributed by atoms with E-state index in [0.29, 0.717) is 58.7 Å². The van der Waals surface area contributed by atoms with Crippen LogP contribution in [0.25, 0.3) is 6.08 Å². The van der Waals surface area contributed by atoms with E-state index in [4.69, 9.17) is 25.8 Å². The zero-order chi connectivity index (χ0) is 30.3. The summed E-state index contributed by atoms with van der Waals surface area (Å²) in [5.74, 6) is -0.0109. The minimum atomic E-state index is -0.537. The fraction of sp³-hybridized carbons (Fsp3) is 0.258. The molecule has 2 heterocycles. The number of morpholine rings is 1. The molecule has 0 unspecified atom stereocenters. The highest BCUT2D eigenvalue weighted by Crippen LogP contribution is 2.40. The van der Waals surface area contributed by atoms with Gasteiger partial charge >= 0.3 is 0 Å². The van der Waals surface area contributed by atoms with E-state index < -0.39 is 23.6 Å². The van der Waals surface area contributed by atoms with Crippen molar-refractivity contribution in [2.24, 2.45) is 0 Å². The molecule has 1 N–H and O–H groups in total. The number of imide groups is 1. The van der Waals surface area contributed by atoms with Crippen molar-refractivity contribution in [3.63, 3.8) is 0 Å². The van der Waals surface area contributed by atoms with Crippen LogP contribution < -0.4 is 19.7 Å². The molecule has 0 aromatic heterocycles. The minimum Gasteiger partial charge on any atom is -0.490 e. The number of rotatable bonds is 10. The highest BCUT2D eigenvalue weighted by molar-refractivity contribution is 9.10. The Labute approximate surface area is 267 Å². The molecule has 2 aliphatic heterocycles. The van der Waals surface area contributed by atoms with Crippen molar-refractivity contribution >= 4 is 73.8 Å². The van der Waals surface area contributed by atoms with Crippen LogP contribution in [0.2, 0.25) is 5.02 Å². The lowest BCUT2D eigenvalue weighted by Crippen LogP contribution is -2.36.